The van der Waals surface area contributed by atoms with E-state index < -0.39 is 11.6 Å². The van der Waals surface area contributed by atoms with Crippen LogP contribution in [-0.4, -0.2) is 9.97 Å². The van der Waals surface area contributed by atoms with Gasteiger partial charge in [-0.3, -0.25) is 0 Å². The molecule has 1 heterocycles. The quantitative estimate of drug-likeness (QED) is 0.683. The number of rotatable bonds is 1. The number of hydrogen-bond donors (Lipinski definition) is 2. The molecule has 1 aromatic heterocycles. The van der Waals surface area contributed by atoms with Crippen LogP contribution in [0.1, 0.15) is 0 Å². The molecule has 0 aliphatic carbocycles. The molecule has 1 aromatic carbocycles. The number of nitrogen functional groups attached to an aromatic ring is 1. The fourth-order valence-electron chi connectivity index (χ4n) is 1.18. The average molecular weight is 195 g/mol. The van der Waals surface area contributed by atoms with Crippen molar-refractivity contribution in [1.29, 1.82) is 0 Å². The van der Waals surface area contributed by atoms with Crippen molar-refractivity contribution in [3.05, 3.63) is 36.2 Å². The normalized spacial score (nSPS) is 10.4. The molecule has 2 aromatic rings. The third-order valence-corrected chi connectivity index (χ3v) is 1.85. The Hall–Kier alpha value is -1.91. The molecule has 0 saturated carbocycles. The molecule has 0 atom stereocenters. The number of nitrogens with zero attached hydrogens (tertiary/aromatic N) is 1. The molecule has 3 N–H and O–H groups in total. The van der Waals surface area contributed by atoms with Gasteiger partial charge in [-0.25, -0.2) is 13.8 Å². The van der Waals surface area contributed by atoms with Gasteiger partial charge in [-0.2, -0.15) is 0 Å². The van der Waals surface area contributed by atoms with Gasteiger partial charge in [-0.1, -0.05) is 0 Å². The van der Waals surface area contributed by atoms with E-state index in [0.717, 1.165) is 12.1 Å². The molecular formula is C9H7F2N3. The number of benzene rings is 1. The largest absolute Gasteiger partial charge is 0.398 e. The summed E-state index contributed by atoms with van der Waals surface area (Å²) in [5.74, 6) is -1.48. The van der Waals surface area contributed by atoms with Crippen molar-refractivity contribution >= 4 is 5.69 Å². The van der Waals surface area contributed by atoms with Crippen LogP contribution in [0.15, 0.2) is 24.5 Å². The van der Waals surface area contributed by atoms with Crippen LogP contribution in [0, 0.1) is 11.6 Å². The van der Waals surface area contributed by atoms with Crippen LogP contribution in [-0.2, 0) is 0 Å². The van der Waals surface area contributed by atoms with E-state index in [9.17, 15) is 8.78 Å². The number of halogens is 2. The average Bonchev–Trinajstić information content (AvgIpc) is 2.64. The highest BCUT2D eigenvalue weighted by Crippen LogP contribution is 2.24. The molecule has 0 unspecified atom stereocenters. The summed E-state index contributed by atoms with van der Waals surface area (Å²) >= 11 is 0. The summed E-state index contributed by atoms with van der Waals surface area (Å²) in [6.45, 7) is 0. The van der Waals surface area contributed by atoms with Crippen LogP contribution in [0.4, 0.5) is 14.5 Å². The van der Waals surface area contributed by atoms with Crippen molar-refractivity contribution in [3.63, 3.8) is 0 Å². The molecule has 0 bridgehead atoms. The Morgan fingerprint density at radius 3 is 2.57 bits per heavy atom. The van der Waals surface area contributed by atoms with Crippen LogP contribution in [0.25, 0.3) is 11.4 Å². The zero-order chi connectivity index (χ0) is 10.1. The van der Waals surface area contributed by atoms with E-state index in [4.69, 9.17) is 5.73 Å². The van der Waals surface area contributed by atoms with Crippen molar-refractivity contribution in [1.82, 2.24) is 9.97 Å². The van der Waals surface area contributed by atoms with Crippen LogP contribution >= 0.6 is 0 Å². The minimum atomic E-state index is -0.960. The Balaban J connectivity index is 2.60. The maximum atomic E-state index is 12.9. The maximum Gasteiger partial charge on any atom is 0.160 e. The highest BCUT2D eigenvalue weighted by Gasteiger charge is 2.10. The molecule has 0 saturated heterocycles. The topological polar surface area (TPSA) is 54.7 Å². The Morgan fingerprint density at radius 1 is 1.21 bits per heavy atom. The van der Waals surface area contributed by atoms with E-state index in [1.807, 2.05) is 0 Å². The smallest absolute Gasteiger partial charge is 0.160 e. The second-order valence-electron chi connectivity index (χ2n) is 2.79. The van der Waals surface area contributed by atoms with Crippen LogP contribution < -0.4 is 5.73 Å². The Morgan fingerprint density at radius 2 is 1.93 bits per heavy atom. The first-order chi connectivity index (χ1) is 6.68. The maximum absolute atomic E-state index is 12.9. The van der Waals surface area contributed by atoms with Crippen LogP contribution in [0.2, 0.25) is 0 Å². The molecule has 14 heavy (non-hydrogen) atoms. The highest BCUT2D eigenvalue weighted by molar-refractivity contribution is 5.71. The highest BCUT2D eigenvalue weighted by atomic mass is 19.2. The predicted octanol–water partition coefficient (Wildman–Crippen LogP) is 1.94. The molecule has 0 radical (unpaired) electrons. The minimum absolute atomic E-state index is 0.152. The van der Waals surface area contributed by atoms with Gasteiger partial charge in [0.25, 0.3) is 0 Å². The summed E-state index contributed by atoms with van der Waals surface area (Å²) in [6, 6.07) is 1.96. The fourth-order valence-corrected chi connectivity index (χ4v) is 1.18. The van der Waals surface area contributed by atoms with Gasteiger partial charge in [-0.05, 0) is 6.07 Å². The molecule has 5 heteroatoms. The van der Waals surface area contributed by atoms with E-state index in [1.54, 1.807) is 6.20 Å². The van der Waals surface area contributed by atoms with Crippen LogP contribution in [0.3, 0.4) is 0 Å². The lowest BCUT2D eigenvalue weighted by molar-refractivity contribution is 0.509. The van der Waals surface area contributed by atoms with Crippen LogP contribution in [0.5, 0.6) is 0 Å². The van der Waals surface area contributed by atoms with E-state index >= 15 is 0 Å². The molecule has 0 amide bonds. The predicted molar refractivity (Wildman–Crippen MR) is 48.4 cm³/mol. The molecular weight excluding hydrogens is 188 g/mol. The van der Waals surface area contributed by atoms with Crippen molar-refractivity contribution in [2.45, 2.75) is 0 Å². The number of nitrogens with two attached hydrogens (primary N) is 1. The van der Waals surface area contributed by atoms with Gasteiger partial charge in [0.15, 0.2) is 11.6 Å². The van der Waals surface area contributed by atoms with Gasteiger partial charge in [0, 0.05) is 29.7 Å². The molecule has 0 aliphatic heterocycles. The first-order valence-corrected chi connectivity index (χ1v) is 3.93. The van der Waals surface area contributed by atoms with Gasteiger partial charge in [0.05, 0.1) is 0 Å². The van der Waals surface area contributed by atoms with Gasteiger partial charge >= 0.3 is 0 Å². The van der Waals surface area contributed by atoms with Crippen molar-refractivity contribution in [3.8, 4) is 11.4 Å². The number of nitrogens with one attached hydrogen (secondary N) is 1. The van der Waals surface area contributed by atoms with Gasteiger partial charge in [0.1, 0.15) is 5.82 Å². The summed E-state index contributed by atoms with van der Waals surface area (Å²) in [7, 11) is 0. The zero-order valence-corrected chi connectivity index (χ0v) is 7.09. The summed E-state index contributed by atoms with van der Waals surface area (Å²) < 4.78 is 25.6. The number of anilines is 1. The Labute approximate surface area is 78.6 Å². The van der Waals surface area contributed by atoms with E-state index in [2.05, 4.69) is 9.97 Å². The summed E-state index contributed by atoms with van der Waals surface area (Å²) in [6.07, 6.45) is 3.09. The van der Waals surface area contributed by atoms with Gasteiger partial charge in [-0.15, -0.1) is 0 Å². The number of hydrogen-bond acceptors (Lipinski definition) is 2. The standard InChI is InChI=1S/C9H7F2N3/c10-6-3-5(8(12)4-7(6)11)9-13-1-2-14-9/h1-4H,12H2,(H,13,14). The van der Waals surface area contributed by atoms with E-state index in [-0.39, 0.29) is 5.69 Å². The first kappa shape index (κ1) is 8.68. The molecule has 3 nitrogen and oxygen atoms in total. The third kappa shape index (κ3) is 1.32. The lowest BCUT2D eigenvalue weighted by Gasteiger charge is -2.02. The summed E-state index contributed by atoms with van der Waals surface area (Å²) in [5.41, 5.74) is 6.02. The zero-order valence-electron chi connectivity index (χ0n) is 7.09. The van der Waals surface area contributed by atoms with Gasteiger partial charge in [0.2, 0.25) is 0 Å². The van der Waals surface area contributed by atoms with E-state index in [1.165, 1.54) is 6.20 Å². The Kier molecular flexibility index (Phi) is 1.92. The van der Waals surface area contributed by atoms with Gasteiger partial charge < -0.3 is 10.7 Å². The monoisotopic (exact) mass is 195 g/mol. The Bertz CT molecular complexity index is 451. The van der Waals surface area contributed by atoms with Crippen molar-refractivity contribution in [2.24, 2.45) is 0 Å². The SMILES string of the molecule is Nc1cc(F)c(F)cc1-c1ncc[nH]1. The molecule has 0 fully saturated rings. The molecule has 72 valence electrons. The minimum Gasteiger partial charge on any atom is -0.398 e. The van der Waals surface area contributed by atoms with Crippen molar-refractivity contribution in [2.75, 3.05) is 5.73 Å². The molecule has 0 spiro atoms. The summed E-state index contributed by atoms with van der Waals surface area (Å²) in [4.78, 5) is 6.65. The fraction of sp³-hybridized carbons (Fsp3) is 0. The second kappa shape index (κ2) is 3.10. The number of aromatic amines is 1. The van der Waals surface area contributed by atoms with E-state index in [0.29, 0.717) is 11.4 Å². The lowest BCUT2D eigenvalue weighted by Crippen LogP contribution is -1.95. The number of aromatic nitrogens is 2. The second-order valence-corrected chi connectivity index (χ2v) is 2.79. The van der Waals surface area contributed by atoms with Crippen molar-refractivity contribution < 1.29 is 8.78 Å². The summed E-state index contributed by atoms with van der Waals surface area (Å²) in [5, 5.41) is 0. The number of imidazole rings is 1. The first-order valence-electron chi connectivity index (χ1n) is 3.93. The third-order valence-electron chi connectivity index (χ3n) is 1.85. The molecule has 2 rings (SSSR count). The molecule has 0 aliphatic rings. The number of H-pyrrole nitrogens is 1. The lowest BCUT2D eigenvalue weighted by atomic mass is 10.1.